The quantitative estimate of drug-likeness (QED) is 0.934. The van der Waals surface area contributed by atoms with E-state index in [1.165, 1.54) is 11.1 Å². The standard InChI is InChI=1S/C17H21ClN4/c1-11(2)19-16-9-17(21-12(3)20-16)22-7-6-13-8-15(18)5-4-14(13)10-22/h4-5,8-9,11H,6-7,10H2,1-3H3,(H,19,20,21). The van der Waals surface area contributed by atoms with Crippen molar-refractivity contribution >= 4 is 23.2 Å². The Morgan fingerprint density at radius 1 is 1.18 bits per heavy atom. The highest BCUT2D eigenvalue weighted by molar-refractivity contribution is 6.30. The second kappa shape index (κ2) is 6.13. The molecule has 0 atom stereocenters. The van der Waals surface area contributed by atoms with Gasteiger partial charge in [0.05, 0.1) is 0 Å². The topological polar surface area (TPSA) is 41.1 Å². The molecule has 116 valence electrons. The first-order valence-corrected chi connectivity index (χ1v) is 8.03. The zero-order valence-electron chi connectivity index (χ0n) is 13.2. The van der Waals surface area contributed by atoms with Crippen LogP contribution in [0.5, 0.6) is 0 Å². The summed E-state index contributed by atoms with van der Waals surface area (Å²) in [6.07, 6.45) is 0.992. The molecule has 0 saturated heterocycles. The average Bonchev–Trinajstić information content (AvgIpc) is 2.45. The number of aryl methyl sites for hydroxylation is 1. The monoisotopic (exact) mass is 316 g/mol. The van der Waals surface area contributed by atoms with Crippen LogP contribution < -0.4 is 10.2 Å². The Labute approximate surface area is 136 Å². The van der Waals surface area contributed by atoms with Gasteiger partial charge in [-0.2, -0.15) is 0 Å². The number of nitrogens with zero attached hydrogens (tertiary/aromatic N) is 3. The highest BCUT2D eigenvalue weighted by atomic mass is 35.5. The molecule has 1 aliphatic rings. The Hall–Kier alpha value is -1.81. The summed E-state index contributed by atoms with van der Waals surface area (Å²) in [6, 6.07) is 8.54. The Kier molecular flexibility index (Phi) is 4.21. The van der Waals surface area contributed by atoms with Crippen LogP contribution in [0, 0.1) is 6.92 Å². The molecule has 0 aliphatic carbocycles. The molecule has 3 rings (SSSR count). The Morgan fingerprint density at radius 2 is 2.00 bits per heavy atom. The van der Waals surface area contributed by atoms with Gasteiger partial charge >= 0.3 is 0 Å². The molecule has 0 radical (unpaired) electrons. The smallest absolute Gasteiger partial charge is 0.134 e. The molecule has 0 fully saturated rings. The van der Waals surface area contributed by atoms with Crippen molar-refractivity contribution < 1.29 is 0 Å². The van der Waals surface area contributed by atoms with Gasteiger partial charge in [-0.05, 0) is 50.5 Å². The zero-order chi connectivity index (χ0) is 15.7. The summed E-state index contributed by atoms with van der Waals surface area (Å²) in [6.45, 7) is 7.97. The van der Waals surface area contributed by atoms with E-state index in [1.54, 1.807) is 0 Å². The summed E-state index contributed by atoms with van der Waals surface area (Å²) in [5.74, 6) is 2.67. The largest absolute Gasteiger partial charge is 0.368 e. The van der Waals surface area contributed by atoms with Crippen LogP contribution in [0.3, 0.4) is 0 Å². The van der Waals surface area contributed by atoms with Gasteiger partial charge in [0.2, 0.25) is 0 Å². The molecule has 4 nitrogen and oxygen atoms in total. The third-order valence-electron chi connectivity index (χ3n) is 3.77. The highest BCUT2D eigenvalue weighted by Gasteiger charge is 2.18. The second-order valence-electron chi connectivity index (χ2n) is 6.04. The number of hydrogen-bond acceptors (Lipinski definition) is 4. The number of aromatic nitrogens is 2. The number of fused-ring (bicyclic) bond motifs is 1. The van der Waals surface area contributed by atoms with Crippen molar-refractivity contribution in [2.24, 2.45) is 0 Å². The number of rotatable bonds is 3. The summed E-state index contributed by atoms with van der Waals surface area (Å²) >= 11 is 6.08. The van der Waals surface area contributed by atoms with Crippen LogP contribution in [-0.4, -0.2) is 22.6 Å². The number of anilines is 2. The maximum absolute atomic E-state index is 6.08. The molecule has 1 N–H and O–H groups in total. The first-order chi connectivity index (χ1) is 10.5. The molecule has 5 heteroatoms. The predicted octanol–water partition coefficient (Wildman–Crippen LogP) is 3.82. The van der Waals surface area contributed by atoms with Crippen molar-refractivity contribution in [2.75, 3.05) is 16.8 Å². The summed E-state index contributed by atoms with van der Waals surface area (Å²) in [4.78, 5) is 11.4. The van der Waals surface area contributed by atoms with E-state index in [4.69, 9.17) is 11.6 Å². The Bertz CT molecular complexity index is 684. The minimum atomic E-state index is 0.353. The molecule has 0 saturated carbocycles. The van der Waals surface area contributed by atoms with Crippen LogP contribution in [0.25, 0.3) is 0 Å². The molecule has 2 aromatic rings. The van der Waals surface area contributed by atoms with Crippen molar-refractivity contribution in [1.82, 2.24) is 9.97 Å². The van der Waals surface area contributed by atoms with Crippen LogP contribution in [-0.2, 0) is 13.0 Å². The lowest BCUT2D eigenvalue weighted by Crippen LogP contribution is -2.31. The number of halogens is 1. The third-order valence-corrected chi connectivity index (χ3v) is 4.00. The Balaban J connectivity index is 1.86. The van der Waals surface area contributed by atoms with Gasteiger partial charge in [0.1, 0.15) is 17.5 Å². The van der Waals surface area contributed by atoms with E-state index in [2.05, 4.69) is 46.2 Å². The normalized spacial score (nSPS) is 14.1. The number of nitrogens with one attached hydrogen (secondary N) is 1. The summed E-state index contributed by atoms with van der Waals surface area (Å²) in [5, 5.41) is 4.17. The van der Waals surface area contributed by atoms with E-state index in [1.807, 2.05) is 19.1 Å². The van der Waals surface area contributed by atoms with Crippen LogP contribution in [0.15, 0.2) is 24.3 Å². The maximum atomic E-state index is 6.08. The first kappa shape index (κ1) is 15.1. The average molecular weight is 317 g/mol. The minimum Gasteiger partial charge on any atom is -0.368 e. The zero-order valence-corrected chi connectivity index (χ0v) is 14.0. The lowest BCUT2D eigenvalue weighted by Gasteiger charge is -2.30. The molecule has 0 amide bonds. The molecule has 1 aliphatic heterocycles. The molecule has 1 aromatic heterocycles. The lowest BCUT2D eigenvalue weighted by atomic mass is 10.00. The molecule has 2 heterocycles. The molecule has 1 aromatic carbocycles. The molecular formula is C17H21ClN4. The van der Waals surface area contributed by atoms with E-state index in [9.17, 15) is 0 Å². The van der Waals surface area contributed by atoms with Gasteiger partial charge in [0.15, 0.2) is 0 Å². The molecule has 0 spiro atoms. The van der Waals surface area contributed by atoms with E-state index >= 15 is 0 Å². The molecule has 0 unspecified atom stereocenters. The minimum absolute atomic E-state index is 0.353. The molecule has 22 heavy (non-hydrogen) atoms. The second-order valence-corrected chi connectivity index (χ2v) is 6.48. The van der Waals surface area contributed by atoms with Crippen LogP contribution in [0.4, 0.5) is 11.6 Å². The van der Waals surface area contributed by atoms with E-state index in [0.717, 1.165) is 42.0 Å². The van der Waals surface area contributed by atoms with Crippen LogP contribution >= 0.6 is 11.6 Å². The van der Waals surface area contributed by atoms with Crippen molar-refractivity contribution in [1.29, 1.82) is 0 Å². The lowest BCUT2D eigenvalue weighted by molar-refractivity contribution is 0.716. The SMILES string of the molecule is Cc1nc(NC(C)C)cc(N2CCc3cc(Cl)ccc3C2)n1. The fraction of sp³-hybridized carbons (Fsp3) is 0.412. The van der Waals surface area contributed by atoms with Crippen molar-refractivity contribution in [3.63, 3.8) is 0 Å². The fourth-order valence-electron chi connectivity index (χ4n) is 2.80. The summed E-state index contributed by atoms with van der Waals surface area (Å²) < 4.78 is 0. The third kappa shape index (κ3) is 3.33. The fourth-order valence-corrected chi connectivity index (χ4v) is 3.00. The van der Waals surface area contributed by atoms with Crippen molar-refractivity contribution in [3.8, 4) is 0 Å². The van der Waals surface area contributed by atoms with Crippen LogP contribution in [0.2, 0.25) is 5.02 Å². The van der Waals surface area contributed by atoms with Gasteiger partial charge in [0.25, 0.3) is 0 Å². The predicted molar refractivity (Wildman–Crippen MR) is 91.7 cm³/mol. The maximum Gasteiger partial charge on any atom is 0.134 e. The Morgan fingerprint density at radius 3 is 2.77 bits per heavy atom. The van der Waals surface area contributed by atoms with Gasteiger partial charge < -0.3 is 10.2 Å². The first-order valence-electron chi connectivity index (χ1n) is 7.66. The van der Waals surface area contributed by atoms with E-state index in [0.29, 0.717) is 6.04 Å². The van der Waals surface area contributed by atoms with E-state index < -0.39 is 0 Å². The van der Waals surface area contributed by atoms with E-state index in [-0.39, 0.29) is 0 Å². The van der Waals surface area contributed by atoms with Crippen LogP contribution in [0.1, 0.15) is 30.8 Å². The van der Waals surface area contributed by atoms with Gasteiger partial charge in [-0.25, -0.2) is 9.97 Å². The van der Waals surface area contributed by atoms with Gasteiger partial charge in [-0.3, -0.25) is 0 Å². The van der Waals surface area contributed by atoms with Crippen molar-refractivity contribution in [2.45, 2.75) is 39.8 Å². The summed E-state index contributed by atoms with van der Waals surface area (Å²) in [5.41, 5.74) is 2.67. The van der Waals surface area contributed by atoms with Gasteiger partial charge in [0, 0.05) is 30.2 Å². The summed E-state index contributed by atoms with van der Waals surface area (Å²) in [7, 11) is 0. The number of benzene rings is 1. The molecular weight excluding hydrogens is 296 g/mol. The van der Waals surface area contributed by atoms with Gasteiger partial charge in [-0.1, -0.05) is 17.7 Å². The van der Waals surface area contributed by atoms with Crippen molar-refractivity contribution in [3.05, 3.63) is 46.2 Å². The van der Waals surface area contributed by atoms with Gasteiger partial charge in [-0.15, -0.1) is 0 Å². The molecule has 0 bridgehead atoms. The number of hydrogen-bond donors (Lipinski definition) is 1. The highest BCUT2D eigenvalue weighted by Crippen LogP contribution is 2.26.